The second kappa shape index (κ2) is 7.48. The summed E-state index contributed by atoms with van der Waals surface area (Å²) in [5.74, 6) is 0.790. The molecule has 0 radical (unpaired) electrons. The predicted octanol–water partition coefficient (Wildman–Crippen LogP) is 4.95. The Morgan fingerprint density at radius 1 is 1.00 bits per heavy atom. The molecule has 0 spiro atoms. The van der Waals surface area contributed by atoms with Crippen LogP contribution in [0.4, 0.5) is 11.4 Å². The van der Waals surface area contributed by atoms with Gasteiger partial charge in [-0.1, -0.05) is 30.3 Å². The maximum Gasteiger partial charge on any atom is 0.272 e. The van der Waals surface area contributed by atoms with Crippen molar-refractivity contribution in [3.63, 3.8) is 0 Å². The van der Waals surface area contributed by atoms with Crippen LogP contribution in [0, 0.1) is 17.0 Å². The molecule has 3 aromatic carbocycles. The van der Waals surface area contributed by atoms with Gasteiger partial charge in [0.25, 0.3) is 11.6 Å². The van der Waals surface area contributed by atoms with Crippen LogP contribution in [-0.2, 0) is 0 Å². The minimum Gasteiger partial charge on any atom is -0.455 e. The van der Waals surface area contributed by atoms with E-state index in [0.29, 0.717) is 28.3 Å². The number of nitro groups is 1. The number of carbonyl (C=O) groups excluding carboxylic acids is 1. The van der Waals surface area contributed by atoms with Crippen molar-refractivity contribution >= 4 is 17.3 Å². The number of aryl methyl sites for hydroxylation is 1. The van der Waals surface area contributed by atoms with Crippen molar-refractivity contribution in [2.24, 2.45) is 0 Å². The number of hydrogen-bond acceptors (Lipinski definition) is 4. The molecule has 26 heavy (non-hydrogen) atoms. The van der Waals surface area contributed by atoms with Crippen LogP contribution in [-0.4, -0.2) is 10.8 Å². The molecule has 3 rings (SSSR count). The van der Waals surface area contributed by atoms with E-state index >= 15 is 0 Å². The molecule has 6 heteroatoms. The van der Waals surface area contributed by atoms with Crippen LogP contribution in [0.3, 0.4) is 0 Å². The number of ether oxygens (including phenoxy) is 1. The van der Waals surface area contributed by atoms with Gasteiger partial charge >= 0.3 is 0 Å². The van der Waals surface area contributed by atoms with Crippen molar-refractivity contribution in [1.29, 1.82) is 0 Å². The van der Waals surface area contributed by atoms with Gasteiger partial charge < -0.3 is 10.1 Å². The number of hydrogen-bond donors (Lipinski definition) is 1. The van der Waals surface area contributed by atoms with Crippen LogP contribution in [0.2, 0.25) is 0 Å². The topological polar surface area (TPSA) is 81.5 Å². The third-order valence-electron chi connectivity index (χ3n) is 3.76. The number of nitrogens with zero attached hydrogens (tertiary/aromatic N) is 1. The average Bonchev–Trinajstić information content (AvgIpc) is 2.63. The van der Waals surface area contributed by atoms with Crippen LogP contribution < -0.4 is 10.1 Å². The van der Waals surface area contributed by atoms with Gasteiger partial charge in [-0.25, -0.2) is 0 Å². The minimum atomic E-state index is -0.472. The summed E-state index contributed by atoms with van der Waals surface area (Å²) in [4.78, 5) is 22.9. The van der Waals surface area contributed by atoms with E-state index in [1.54, 1.807) is 25.1 Å². The summed E-state index contributed by atoms with van der Waals surface area (Å²) in [5.41, 5.74) is 1.26. The van der Waals surface area contributed by atoms with Crippen molar-refractivity contribution in [3.05, 3.63) is 94.0 Å². The molecule has 0 aromatic heterocycles. The molecule has 0 atom stereocenters. The second-order valence-corrected chi connectivity index (χ2v) is 5.62. The van der Waals surface area contributed by atoms with Gasteiger partial charge in [-0.05, 0) is 43.3 Å². The lowest BCUT2D eigenvalue weighted by molar-refractivity contribution is -0.385. The summed E-state index contributed by atoms with van der Waals surface area (Å²) in [5, 5.41) is 13.7. The highest BCUT2D eigenvalue weighted by molar-refractivity contribution is 6.05. The molecule has 0 aliphatic heterocycles. The first-order valence-electron chi connectivity index (χ1n) is 7.93. The lowest BCUT2D eigenvalue weighted by atomic mass is 10.1. The van der Waals surface area contributed by atoms with E-state index in [0.717, 1.165) is 0 Å². The van der Waals surface area contributed by atoms with Crippen molar-refractivity contribution in [1.82, 2.24) is 0 Å². The van der Waals surface area contributed by atoms with E-state index in [2.05, 4.69) is 5.32 Å². The highest BCUT2D eigenvalue weighted by Crippen LogP contribution is 2.29. The van der Waals surface area contributed by atoms with Crippen molar-refractivity contribution in [2.75, 3.05) is 5.32 Å². The zero-order valence-electron chi connectivity index (χ0n) is 14.0. The molecule has 1 amide bonds. The zero-order chi connectivity index (χ0) is 18.5. The van der Waals surface area contributed by atoms with Crippen LogP contribution in [0.5, 0.6) is 11.5 Å². The van der Waals surface area contributed by atoms with Gasteiger partial charge in [0.15, 0.2) is 5.75 Å². The first kappa shape index (κ1) is 17.2. The van der Waals surface area contributed by atoms with Gasteiger partial charge in [0, 0.05) is 17.2 Å². The normalized spacial score (nSPS) is 10.2. The van der Waals surface area contributed by atoms with E-state index in [9.17, 15) is 14.9 Å². The molecule has 3 aromatic rings. The van der Waals surface area contributed by atoms with Gasteiger partial charge in [-0.2, -0.15) is 0 Å². The monoisotopic (exact) mass is 348 g/mol. The van der Waals surface area contributed by atoms with Gasteiger partial charge in [-0.3, -0.25) is 14.9 Å². The number of benzene rings is 3. The van der Waals surface area contributed by atoms with Crippen LogP contribution >= 0.6 is 0 Å². The molecule has 130 valence electrons. The molecule has 0 aliphatic rings. The molecule has 0 saturated carbocycles. The number of anilines is 1. The molecule has 0 bridgehead atoms. The summed E-state index contributed by atoms with van der Waals surface area (Å²) < 4.78 is 5.82. The van der Waals surface area contributed by atoms with E-state index in [1.807, 2.05) is 36.4 Å². The molecular formula is C20H16N2O4. The van der Waals surface area contributed by atoms with Crippen LogP contribution in [0.15, 0.2) is 72.8 Å². The Morgan fingerprint density at radius 3 is 2.38 bits per heavy atom. The molecule has 0 aliphatic carbocycles. The Kier molecular flexibility index (Phi) is 4.94. The summed E-state index contributed by atoms with van der Waals surface area (Å²) in [7, 11) is 0. The summed E-state index contributed by atoms with van der Waals surface area (Å²) >= 11 is 0. The number of rotatable bonds is 5. The van der Waals surface area contributed by atoms with Crippen molar-refractivity contribution < 1.29 is 14.5 Å². The lowest BCUT2D eigenvalue weighted by Gasteiger charge is -2.12. The van der Waals surface area contributed by atoms with Gasteiger partial charge in [-0.15, -0.1) is 0 Å². The largest absolute Gasteiger partial charge is 0.455 e. The maximum atomic E-state index is 12.5. The van der Waals surface area contributed by atoms with Crippen molar-refractivity contribution in [3.8, 4) is 11.5 Å². The first-order valence-corrected chi connectivity index (χ1v) is 7.93. The van der Waals surface area contributed by atoms with Gasteiger partial charge in [0.05, 0.1) is 10.6 Å². The quantitative estimate of drug-likeness (QED) is 0.522. The van der Waals surface area contributed by atoms with E-state index in [-0.39, 0.29) is 11.6 Å². The third kappa shape index (κ3) is 3.87. The third-order valence-corrected chi connectivity index (χ3v) is 3.76. The van der Waals surface area contributed by atoms with E-state index in [1.165, 1.54) is 18.2 Å². The van der Waals surface area contributed by atoms with Gasteiger partial charge in [0.2, 0.25) is 0 Å². The highest BCUT2D eigenvalue weighted by atomic mass is 16.6. The fourth-order valence-corrected chi connectivity index (χ4v) is 2.47. The fourth-order valence-electron chi connectivity index (χ4n) is 2.47. The number of para-hydroxylation sites is 3. The predicted molar refractivity (Wildman–Crippen MR) is 98.7 cm³/mol. The Morgan fingerprint density at radius 2 is 1.69 bits per heavy atom. The number of amides is 1. The second-order valence-electron chi connectivity index (χ2n) is 5.62. The molecular weight excluding hydrogens is 332 g/mol. The van der Waals surface area contributed by atoms with Crippen LogP contribution in [0.1, 0.15) is 15.9 Å². The summed E-state index contributed by atoms with van der Waals surface area (Å²) in [6.45, 7) is 1.60. The number of nitro benzene ring substituents is 1. The van der Waals surface area contributed by atoms with Gasteiger partial charge in [0.1, 0.15) is 5.75 Å². The SMILES string of the molecule is Cc1cc(C(=O)Nc2ccccc2Oc2ccccc2)ccc1[N+](=O)[O-]. The zero-order valence-corrected chi connectivity index (χ0v) is 14.0. The highest BCUT2D eigenvalue weighted by Gasteiger charge is 2.15. The maximum absolute atomic E-state index is 12.5. The molecule has 1 N–H and O–H groups in total. The average molecular weight is 348 g/mol. The summed E-state index contributed by atoms with van der Waals surface area (Å²) in [6.07, 6.45) is 0. The lowest BCUT2D eigenvalue weighted by Crippen LogP contribution is -2.13. The Hall–Kier alpha value is -3.67. The van der Waals surface area contributed by atoms with E-state index < -0.39 is 4.92 Å². The minimum absolute atomic E-state index is 0.0191. The number of nitrogens with one attached hydrogen (secondary N) is 1. The molecule has 0 unspecified atom stereocenters. The van der Waals surface area contributed by atoms with Crippen LogP contribution in [0.25, 0.3) is 0 Å². The molecule has 6 nitrogen and oxygen atoms in total. The smallest absolute Gasteiger partial charge is 0.272 e. The molecule has 0 heterocycles. The standard InChI is InChI=1S/C20H16N2O4/c1-14-13-15(11-12-18(14)22(24)25)20(23)21-17-9-5-6-10-19(17)26-16-7-3-2-4-8-16/h2-13H,1H3,(H,21,23). The fraction of sp³-hybridized carbons (Fsp3) is 0.0500. The number of carbonyl (C=O) groups is 1. The Bertz CT molecular complexity index is 955. The van der Waals surface area contributed by atoms with E-state index in [4.69, 9.17) is 4.74 Å². The summed E-state index contributed by atoms with van der Waals surface area (Å²) in [6, 6.07) is 20.6. The molecule has 0 saturated heterocycles. The Labute approximate surface area is 150 Å². The molecule has 0 fully saturated rings. The first-order chi connectivity index (χ1) is 12.5. The van der Waals surface area contributed by atoms with Crippen molar-refractivity contribution in [2.45, 2.75) is 6.92 Å². The Balaban J connectivity index is 1.82.